The molecular weight excluding hydrogens is 266 g/mol. The molecule has 0 fully saturated rings. The van der Waals surface area contributed by atoms with E-state index in [4.69, 9.17) is 16.3 Å². The quantitative estimate of drug-likeness (QED) is 0.474. The van der Waals surface area contributed by atoms with Crippen molar-refractivity contribution >= 4 is 23.8 Å². The van der Waals surface area contributed by atoms with Crippen LogP contribution in [0.2, 0.25) is 0 Å². The first-order valence-electron chi connectivity index (χ1n) is 6.04. The van der Waals surface area contributed by atoms with Gasteiger partial charge in [0.2, 0.25) is 0 Å². The largest absolute Gasteiger partial charge is 0.364 e. The smallest absolute Gasteiger partial charge is 0.257 e. The van der Waals surface area contributed by atoms with E-state index in [1.54, 1.807) is 6.92 Å². The number of nitrogens with one attached hydrogen (secondary N) is 1. The Hall–Kier alpha value is -1.39. The van der Waals surface area contributed by atoms with E-state index < -0.39 is 11.1 Å². The Morgan fingerprint density at radius 1 is 1.47 bits per heavy atom. The van der Waals surface area contributed by atoms with Crippen molar-refractivity contribution in [2.45, 2.75) is 30.9 Å². The van der Waals surface area contributed by atoms with E-state index in [9.17, 15) is 9.59 Å². The lowest BCUT2D eigenvalue weighted by Gasteiger charge is -2.28. The van der Waals surface area contributed by atoms with Crippen molar-refractivity contribution in [3.05, 3.63) is 35.9 Å². The third-order valence-electron chi connectivity index (χ3n) is 2.99. The van der Waals surface area contributed by atoms with E-state index in [2.05, 4.69) is 5.32 Å². The van der Waals surface area contributed by atoms with Crippen LogP contribution in [0.15, 0.2) is 30.3 Å². The lowest BCUT2D eigenvalue weighted by Crippen LogP contribution is -2.46. The van der Waals surface area contributed by atoms with Crippen molar-refractivity contribution in [2.75, 3.05) is 7.11 Å². The Morgan fingerprint density at radius 2 is 2.11 bits per heavy atom. The molecule has 1 N–H and O–H groups in total. The van der Waals surface area contributed by atoms with E-state index in [0.717, 1.165) is 11.8 Å². The maximum Gasteiger partial charge on any atom is 0.257 e. The third kappa shape index (κ3) is 4.04. The molecule has 0 aliphatic heterocycles. The molecule has 1 aromatic rings. The highest BCUT2D eigenvalue weighted by Gasteiger charge is 2.35. The normalized spacial score (nSPS) is 15.3. The van der Waals surface area contributed by atoms with Crippen molar-refractivity contribution < 1.29 is 14.3 Å². The fourth-order valence-corrected chi connectivity index (χ4v) is 1.89. The summed E-state index contributed by atoms with van der Waals surface area (Å²) < 4.78 is 5.35. The van der Waals surface area contributed by atoms with Gasteiger partial charge in [0.25, 0.3) is 5.91 Å². The summed E-state index contributed by atoms with van der Waals surface area (Å²) in [6, 6.07) is 9.18. The lowest BCUT2D eigenvalue weighted by atomic mass is 9.94. The van der Waals surface area contributed by atoms with Gasteiger partial charge in [0.15, 0.2) is 5.60 Å². The van der Waals surface area contributed by atoms with Crippen molar-refractivity contribution in [1.82, 2.24) is 5.32 Å². The summed E-state index contributed by atoms with van der Waals surface area (Å²) in [5.74, 6) is -0.327. The fourth-order valence-electron chi connectivity index (χ4n) is 1.66. The number of methoxy groups -OCH3 is 1. The molecule has 5 heteroatoms. The number of alkyl halides is 1. The predicted molar refractivity (Wildman–Crippen MR) is 73.9 cm³/mol. The van der Waals surface area contributed by atoms with E-state index in [1.165, 1.54) is 7.11 Å². The molecule has 1 aromatic carbocycles. The Bertz CT molecular complexity index is 424. The Kier molecular flexibility index (Phi) is 5.99. The Morgan fingerprint density at radius 3 is 2.63 bits per heavy atom. The molecule has 4 nitrogen and oxygen atoms in total. The van der Waals surface area contributed by atoms with Crippen LogP contribution in [0.5, 0.6) is 0 Å². The van der Waals surface area contributed by atoms with Gasteiger partial charge in [-0.3, -0.25) is 4.79 Å². The highest BCUT2D eigenvalue weighted by atomic mass is 35.5. The van der Waals surface area contributed by atoms with Gasteiger partial charge in [-0.1, -0.05) is 41.9 Å². The fraction of sp³-hybridized carbons (Fsp3) is 0.429. The summed E-state index contributed by atoms with van der Waals surface area (Å²) in [7, 11) is 1.47. The van der Waals surface area contributed by atoms with Crippen LogP contribution in [-0.2, 0) is 19.9 Å². The van der Waals surface area contributed by atoms with Crippen molar-refractivity contribution in [1.29, 1.82) is 0 Å². The van der Waals surface area contributed by atoms with Gasteiger partial charge >= 0.3 is 0 Å². The Labute approximate surface area is 118 Å². The summed E-state index contributed by atoms with van der Waals surface area (Å²) in [6.07, 6.45) is 1.48. The van der Waals surface area contributed by atoms with Gasteiger partial charge in [0, 0.05) is 13.5 Å². The molecule has 0 aliphatic rings. The second-order valence-corrected chi connectivity index (χ2v) is 4.82. The molecule has 2 atom stereocenters. The highest BCUT2D eigenvalue weighted by molar-refractivity contribution is 6.21. The van der Waals surface area contributed by atoms with E-state index in [0.29, 0.717) is 12.8 Å². The first kappa shape index (κ1) is 15.7. The van der Waals surface area contributed by atoms with Gasteiger partial charge in [0.05, 0.1) is 0 Å². The molecular formula is C14H18ClNO3. The molecule has 0 bridgehead atoms. The average molecular weight is 284 g/mol. The first-order chi connectivity index (χ1) is 9.04. The number of carbonyl (C=O) groups excluding carboxylic acids is 2. The minimum Gasteiger partial charge on any atom is -0.364 e. The number of carbonyl (C=O) groups is 2. The minimum absolute atomic E-state index is 0.309. The monoisotopic (exact) mass is 283 g/mol. The minimum atomic E-state index is -1.10. The van der Waals surface area contributed by atoms with Crippen LogP contribution >= 0.6 is 11.6 Å². The molecule has 2 unspecified atom stereocenters. The second-order valence-electron chi connectivity index (χ2n) is 4.29. The zero-order valence-corrected chi connectivity index (χ0v) is 11.8. The van der Waals surface area contributed by atoms with Gasteiger partial charge < -0.3 is 14.8 Å². The summed E-state index contributed by atoms with van der Waals surface area (Å²) in [4.78, 5) is 22.5. The molecule has 104 valence electrons. The molecule has 0 heterocycles. The molecule has 19 heavy (non-hydrogen) atoms. The number of hydrogen-bond acceptors (Lipinski definition) is 3. The van der Waals surface area contributed by atoms with Gasteiger partial charge in [-0.25, -0.2) is 0 Å². The molecule has 0 aromatic heterocycles. The number of benzene rings is 1. The standard InChI is InChI=1S/C14H18ClNO3/c1-14(19-2,11-7-4-3-5-8-11)13(18)16-12(15)9-6-10-17/h3-5,7-8,10,12H,6,9H2,1-2H3,(H,16,18). The number of rotatable bonds is 7. The van der Waals surface area contributed by atoms with Crippen LogP contribution in [0.3, 0.4) is 0 Å². The van der Waals surface area contributed by atoms with Crippen LogP contribution in [0, 0.1) is 0 Å². The molecule has 0 saturated heterocycles. The van der Waals surface area contributed by atoms with E-state index in [-0.39, 0.29) is 5.91 Å². The molecule has 0 spiro atoms. The maximum absolute atomic E-state index is 12.3. The highest BCUT2D eigenvalue weighted by Crippen LogP contribution is 2.25. The van der Waals surface area contributed by atoms with Crippen molar-refractivity contribution in [3.8, 4) is 0 Å². The van der Waals surface area contributed by atoms with Crippen molar-refractivity contribution in [3.63, 3.8) is 0 Å². The summed E-state index contributed by atoms with van der Waals surface area (Å²) in [5.41, 5.74) is -0.944. The summed E-state index contributed by atoms with van der Waals surface area (Å²) in [6.45, 7) is 1.68. The van der Waals surface area contributed by atoms with Gasteiger partial charge in [0.1, 0.15) is 11.8 Å². The SMILES string of the molecule is COC(C)(C(=O)NC(Cl)CCC=O)c1ccccc1. The van der Waals surface area contributed by atoms with Crippen LogP contribution in [0.25, 0.3) is 0 Å². The number of amides is 1. The molecule has 1 amide bonds. The maximum atomic E-state index is 12.3. The van der Waals surface area contributed by atoms with Crippen molar-refractivity contribution in [2.24, 2.45) is 0 Å². The van der Waals surface area contributed by atoms with Crippen LogP contribution < -0.4 is 5.32 Å². The summed E-state index contributed by atoms with van der Waals surface area (Å²) in [5, 5.41) is 2.65. The second kappa shape index (κ2) is 7.26. The lowest BCUT2D eigenvalue weighted by molar-refractivity contribution is -0.143. The van der Waals surface area contributed by atoms with Gasteiger partial charge in [-0.2, -0.15) is 0 Å². The zero-order chi connectivity index (χ0) is 14.3. The van der Waals surface area contributed by atoms with Gasteiger partial charge in [-0.05, 0) is 18.9 Å². The third-order valence-corrected chi connectivity index (χ3v) is 3.32. The predicted octanol–water partition coefficient (Wildman–Crippen LogP) is 2.21. The average Bonchev–Trinajstić information content (AvgIpc) is 2.45. The first-order valence-corrected chi connectivity index (χ1v) is 6.47. The zero-order valence-electron chi connectivity index (χ0n) is 11.1. The molecule has 0 radical (unpaired) electrons. The van der Waals surface area contributed by atoms with Crippen LogP contribution in [0.1, 0.15) is 25.3 Å². The Balaban J connectivity index is 2.79. The topological polar surface area (TPSA) is 55.4 Å². The summed E-state index contributed by atoms with van der Waals surface area (Å²) >= 11 is 5.96. The van der Waals surface area contributed by atoms with E-state index >= 15 is 0 Å². The number of hydrogen-bond donors (Lipinski definition) is 1. The number of aldehydes is 1. The van der Waals surface area contributed by atoms with Crippen LogP contribution in [0.4, 0.5) is 0 Å². The molecule has 0 saturated carbocycles. The van der Waals surface area contributed by atoms with E-state index in [1.807, 2.05) is 30.3 Å². The molecule has 1 rings (SSSR count). The van der Waals surface area contributed by atoms with Gasteiger partial charge in [-0.15, -0.1) is 0 Å². The number of ether oxygens (including phenoxy) is 1. The van der Waals surface area contributed by atoms with Crippen LogP contribution in [-0.4, -0.2) is 24.8 Å². The number of halogens is 1. The molecule has 0 aliphatic carbocycles.